The van der Waals surface area contributed by atoms with E-state index in [0.29, 0.717) is 17.1 Å². The first-order chi connectivity index (χ1) is 14.2. The van der Waals surface area contributed by atoms with Crippen LogP contribution < -0.4 is 10.6 Å². The molecule has 1 aromatic rings. The van der Waals surface area contributed by atoms with Gasteiger partial charge in [-0.1, -0.05) is 39.8 Å². The molecule has 0 aromatic heterocycles. The maximum absolute atomic E-state index is 12.6. The van der Waals surface area contributed by atoms with Crippen molar-refractivity contribution in [3.63, 3.8) is 0 Å². The lowest BCUT2D eigenvalue weighted by Crippen LogP contribution is -2.32. The Labute approximate surface area is 173 Å². The van der Waals surface area contributed by atoms with E-state index < -0.39 is 0 Å². The zero-order valence-corrected chi connectivity index (χ0v) is 17.9. The Bertz CT molecular complexity index is 811. The molecule has 0 spiro atoms. The number of piperidine rings is 1. The summed E-state index contributed by atoms with van der Waals surface area (Å²) in [7, 11) is 0. The summed E-state index contributed by atoms with van der Waals surface area (Å²) in [4.78, 5) is 31.1. The molecule has 6 heteroatoms. The van der Waals surface area contributed by atoms with E-state index in [0.717, 1.165) is 37.8 Å². The zero-order valence-electron chi connectivity index (χ0n) is 17.9. The number of amides is 3. The van der Waals surface area contributed by atoms with Crippen LogP contribution in [-0.4, -0.2) is 29.6 Å². The van der Waals surface area contributed by atoms with Crippen LogP contribution in [0.1, 0.15) is 75.3 Å². The molecule has 3 amide bonds. The number of allylic oxidation sites excluding steroid dienone is 3. The lowest BCUT2D eigenvalue weighted by Gasteiger charge is -2.30. The zero-order chi connectivity index (χ0) is 21.2. The quantitative estimate of drug-likeness (QED) is 0.701. The number of carbonyl (C=O) groups is 2. The molecule has 1 aromatic carbocycles. The number of hydrogen-bond acceptors (Lipinski definition) is 3. The smallest absolute Gasteiger partial charge is 0.324 e. The number of aliphatic imine (C=N–C) groups is 1. The van der Waals surface area contributed by atoms with Gasteiger partial charge in [0.15, 0.2) is 0 Å². The first kappa shape index (κ1) is 22.4. The van der Waals surface area contributed by atoms with E-state index in [-0.39, 0.29) is 18.0 Å². The number of urea groups is 1. The molecule has 1 fully saturated rings. The molecular formula is C23H32N4O2. The van der Waals surface area contributed by atoms with Gasteiger partial charge in [-0.3, -0.25) is 10.1 Å². The second-order valence-corrected chi connectivity index (χ2v) is 6.39. The minimum atomic E-state index is -0.347. The molecule has 3 heterocycles. The van der Waals surface area contributed by atoms with Gasteiger partial charge >= 0.3 is 6.03 Å². The van der Waals surface area contributed by atoms with E-state index >= 15 is 0 Å². The molecule has 0 bridgehead atoms. The van der Waals surface area contributed by atoms with E-state index in [1.54, 1.807) is 6.21 Å². The van der Waals surface area contributed by atoms with Crippen LogP contribution in [0, 0.1) is 0 Å². The highest BCUT2D eigenvalue weighted by molar-refractivity contribution is 6.03. The first-order valence-electron chi connectivity index (χ1n) is 10.7. The second kappa shape index (κ2) is 11.2. The number of carbonyl (C=O) groups excluding carboxylic acids is 2. The Morgan fingerprint density at radius 1 is 1.14 bits per heavy atom. The maximum Gasteiger partial charge on any atom is 0.324 e. The molecule has 1 saturated heterocycles. The summed E-state index contributed by atoms with van der Waals surface area (Å²) in [6.07, 6.45) is 11.1. The summed E-state index contributed by atoms with van der Waals surface area (Å²) in [6.45, 7) is 8.79. The van der Waals surface area contributed by atoms with Crippen LogP contribution in [0.15, 0.2) is 47.2 Å². The van der Waals surface area contributed by atoms with Crippen LogP contribution in [-0.2, 0) is 0 Å². The number of fused-ring (bicyclic) bond motifs is 3. The van der Waals surface area contributed by atoms with E-state index in [1.165, 1.54) is 0 Å². The van der Waals surface area contributed by atoms with Crippen LogP contribution in [0.25, 0.3) is 0 Å². The van der Waals surface area contributed by atoms with Crippen molar-refractivity contribution >= 4 is 23.8 Å². The monoisotopic (exact) mass is 396 g/mol. The molecule has 6 nitrogen and oxygen atoms in total. The van der Waals surface area contributed by atoms with Crippen molar-refractivity contribution in [2.45, 2.75) is 59.4 Å². The fraction of sp³-hybridized carbons (Fsp3) is 0.435. The SMILES string of the molecule is CC.CC.O=C(NC1=CCC=CC=N1)Nc1cccc2c1C1CCCCN1C2=O. The normalized spacial score (nSPS) is 18.8. The van der Waals surface area contributed by atoms with Gasteiger partial charge in [0.05, 0.1) is 6.04 Å². The number of nitrogens with one attached hydrogen (secondary N) is 2. The van der Waals surface area contributed by atoms with Gasteiger partial charge in [0, 0.05) is 29.6 Å². The Morgan fingerprint density at radius 3 is 2.72 bits per heavy atom. The maximum atomic E-state index is 12.6. The van der Waals surface area contributed by atoms with Crippen molar-refractivity contribution in [2.24, 2.45) is 4.99 Å². The Morgan fingerprint density at radius 2 is 1.93 bits per heavy atom. The van der Waals surface area contributed by atoms with Crippen molar-refractivity contribution in [2.75, 3.05) is 11.9 Å². The third-order valence-corrected chi connectivity index (χ3v) is 4.81. The van der Waals surface area contributed by atoms with Gasteiger partial charge in [0.2, 0.25) is 0 Å². The largest absolute Gasteiger partial charge is 0.331 e. The summed E-state index contributed by atoms with van der Waals surface area (Å²) in [5, 5.41) is 5.66. The number of hydrogen-bond donors (Lipinski definition) is 2. The first-order valence-corrected chi connectivity index (χ1v) is 10.7. The second-order valence-electron chi connectivity index (χ2n) is 6.39. The molecule has 2 N–H and O–H groups in total. The molecule has 3 aliphatic heterocycles. The van der Waals surface area contributed by atoms with Crippen molar-refractivity contribution in [1.29, 1.82) is 0 Å². The van der Waals surface area contributed by atoms with Gasteiger partial charge < -0.3 is 10.2 Å². The van der Waals surface area contributed by atoms with Gasteiger partial charge in [-0.2, -0.15) is 0 Å². The Balaban J connectivity index is 0.000000707. The van der Waals surface area contributed by atoms with Crippen molar-refractivity contribution in [1.82, 2.24) is 10.2 Å². The van der Waals surface area contributed by atoms with Crippen LogP contribution in [0.3, 0.4) is 0 Å². The summed E-state index contributed by atoms with van der Waals surface area (Å²) >= 11 is 0. The van der Waals surface area contributed by atoms with Gasteiger partial charge in [0.25, 0.3) is 5.91 Å². The Hall–Kier alpha value is -2.89. The van der Waals surface area contributed by atoms with Crippen molar-refractivity contribution < 1.29 is 9.59 Å². The molecule has 0 saturated carbocycles. The molecule has 1 unspecified atom stereocenters. The number of nitrogens with zero attached hydrogens (tertiary/aromatic N) is 2. The van der Waals surface area contributed by atoms with Crippen LogP contribution in [0.5, 0.6) is 0 Å². The van der Waals surface area contributed by atoms with Gasteiger partial charge in [0.1, 0.15) is 5.82 Å². The van der Waals surface area contributed by atoms with Crippen LogP contribution in [0.4, 0.5) is 10.5 Å². The lowest BCUT2D eigenvalue weighted by molar-refractivity contribution is 0.0672. The van der Waals surface area contributed by atoms with E-state index in [1.807, 2.05) is 69.0 Å². The van der Waals surface area contributed by atoms with Crippen molar-refractivity contribution in [3.05, 3.63) is 53.4 Å². The molecule has 1 atom stereocenters. The number of rotatable bonds is 2. The van der Waals surface area contributed by atoms with Crippen molar-refractivity contribution in [3.8, 4) is 0 Å². The molecule has 4 rings (SSSR count). The molecule has 29 heavy (non-hydrogen) atoms. The van der Waals surface area contributed by atoms with E-state index in [4.69, 9.17) is 0 Å². The van der Waals surface area contributed by atoms with E-state index in [2.05, 4.69) is 15.6 Å². The van der Waals surface area contributed by atoms with Gasteiger partial charge in [-0.15, -0.1) is 0 Å². The predicted octanol–water partition coefficient (Wildman–Crippen LogP) is 5.41. The summed E-state index contributed by atoms with van der Waals surface area (Å²) in [5.41, 5.74) is 2.36. The lowest BCUT2D eigenvalue weighted by atomic mass is 9.96. The fourth-order valence-electron chi connectivity index (χ4n) is 3.70. The highest BCUT2D eigenvalue weighted by atomic mass is 16.2. The predicted molar refractivity (Wildman–Crippen MR) is 119 cm³/mol. The van der Waals surface area contributed by atoms with Gasteiger partial charge in [-0.25, -0.2) is 9.79 Å². The van der Waals surface area contributed by atoms with Crippen LogP contribution >= 0.6 is 0 Å². The highest BCUT2D eigenvalue weighted by Gasteiger charge is 2.39. The molecule has 156 valence electrons. The summed E-state index contributed by atoms with van der Waals surface area (Å²) in [5.74, 6) is 0.594. The number of benzene rings is 1. The minimum Gasteiger partial charge on any atom is -0.331 e. The Kier molecular flexibility index (Phi) is 8.65. The fourth-order valence-corrected chi connectivity index (χ4v) is 3.70. The third-order valence-electron chi connectivity index (χ3n) is 4.81. The summed E-state index contributed by atoms with van der Waals surface area (Å²) in [6, 6.07) is 5.25. The topological polar surface area (TPSA) is 73.8 Å². The molecule has 3 aliphatic rings. The molecule has 0 radical (unpaired) electrons. The minimum absolute atomic E-state index is 0.0749. The third kappa shape index (κ3) is 5.13. The number of anilines is 1. The average molecular weight is 397 g/mol. The molecular weight excluding hydrogens is 364 g/mol. The van der Waals surface area contributed by atoms with E-state index in [9.17, 15) is 9.59 Å². The van der Waals surface area contributed by atoms with Gasteiger partial charge in [-0.05, 0) is 50.0 Å². The standard InChI is InChI=1S/C19H20N4O2.2C2H6/c24-18-13-7-6-8-14(17(13)15-9-3-5-12-23(15)18)21-19(25)22-16-10-2-1-4-11-20-16;2*1-2/h1,4,6-8,10-11,15H,2-3,5,9,12H2,(H2,21,22,25);2*1-2H3. The summed E-state index contributed by atoms with van der Waals surface area (Å²) < 4.78 is 0. The highest BCUT2D eigenvalue weighted by Crippen LogP contribution is 2.43. The molecule has 0 aliphatic carbocycles. The average Bonchev–Trinajstić information content (AvgIpc) is 2.91. The van der Waals surface area contributed by atoms with Crippen LogP contribution in [0.2, 0.25) is 0 Å².